The lowest BCUT2D eigenvalue weighted by molar-refractivity contribution is -0.115. The standard InChI is InChI=1S/C24H26N2O5S2/c1-16-5-10-20(11-6-16)32-17(2)24(27)25-18-7-12-21(13-8-18)33(28,29)26-22-15-19(30-3)9-14-23(22)31-4/h5-15,17,26H,1-4H3,(H,25,27)/t17-/m1/s1. The van der Waals surface area contributed by atoms with Crippen molar-refractivity contribution >= 4 is 39.1 Å². The first kappa shape index (κ1) is 24.5. The molecule has 0 radical (unpaired) electrons. The molecule has 0 aliphatic rings. The Morgan fingerprint density at radius 3 is 2.21 bits per heavy atom. The Morgan fingerprint density at radius 1 is 0.939 bits per heavy atom. The predicted octanol–water partition coefficient (Wildman–Crippen LogP) is 4.93. The van der Waals surface area contributed by atoms with Gasteiger partial charge >= 0.3 is 0 Å². The minimum Gasteiger partial charge on any atom is -0.497 e. The summed E-state index contributed by atoms with van der Waals surface area (Å²) in [4.78, 5) is 13.6. The average molecular weight is 487 g/mol. The van der Waals surface area contributed by atoms with Gasteiger partial charge in [-0.25, -0.2) is 8.42 Å². The van der Waals surface area contributed by atoms with Crippen LogP contribution in [-0.4, -0.2) is 33.8 Å². The molecule has 0 bridgehead atoms. The zero-order valence-electron chi connectivity index (χ0n) is 18.8. The van der Waals surface area contributed by atoms with Gasteiger partial charge in [0.2, 0.25) is 5.91 Å². The van der Waals surface area contributed by atoms with E-state index in [0.29, 0.717) is 17.2 Å². The Kier molecular flexibility index (Phi) is 7.88. The number of ether oxygens (including phenoxy) is 2. The first-order valence-corrected chi connectivity index (χ1v) is 12.5. The van der Waals surface area contributed by atoms with Gasteiger partial charge in [-0.2, -0.15) is 0 Å². The molecule has 0 heterocycles. The van der Waals surface area contributed by atoms with Gasteiger partial charge in [0.25, 0.3) is 10.0 Å². The van der Waals surface area contributed by atoms with E-state index < -0.39 is 10.0 Å². The fraction of sp³-hybridized carbons (Fsp3) is 0.208. The van der Waals surface area contributed by atoms with Crippen molar-refractivity contribution in [3.8, 4) is 11.5 Å². The number of thioether (sulfide) groups is 1. The van der Waals surface area contributed by atoms with Crippen molar-refractivity contribution in [2.75, 3.05) is 24.3 Å². The Morgan fingerprint density at radius 2 is 1.61 bits per heavy atom. The lowest BCUT2D eigenvalue weighted by Crippen LogP contribution is -2.22. The van der Waals surface area contributed by atoms with Crippen LogP contribution in [0.1, 0.15) is 12.5 Å². The molecule has 1 amide bonds. The first-order chi connectivity index (χ1) is 15.7. The maximum atomic E-state index is 12.8. The molecule has 0 unspecified atom stereocenters. The van der Waals surface area contributed by atoms with Gasteiger partial charge in [0.05, 0.1) is 30.1 Å². The summed E-state index contributed by atoms with van der Waals surface area (Å²) in [6, 6.07) is 18.8. The molecule has 0 aliphatic heterocycles. The van der Waals surface area contributed by atoms with E-state index in [-0.39, 0.29) is 21.7 Å². The number of methoxy groups -OCH3 is 2. The lowest BCUT2D eigenvalue weighted by Gasteiger charge is -2.14. The lowest BCUT2D eigenvalue weighted by atomic mass is 10.2. The van der Waals surface area contributed by atoms with E-state index in [4.69, 9.17) is 9.47 Å². The van der Waals surface area contributed by atoms with Gasteiger partial charge < -0.3 is 14.8 Å². The van der Waals surface area contributed by atoms with E-state index in [0.717, 1.165) is 10.5 Å². The quantitative estimate of drug-likeness (QED) is 0.417. The highest BCUT2D eigenvalue weighted by Crippen LogP contribution is 2.31. The molecule has 3 rings (SSSR count). The third-order valence-corrected chi connectivity index (χ3v) is 7.28. The number of nitrogens with one attached hydrogen (secondary N) is 2. The zero-order chi connectivity index (χ0) is 24.0. The molecule has 0 saturated carbocycles. The summed E-state index contributed by atoms with van der Waals surface area (Å²) in [5.74, 6) is 0.683. The summed E-state index contributed by atoms with van der Waals surface area (Å²) in [5.41, 5.74) is 1.93. The Balaban J connectivity index is 1.67. The summed E-state index contributed by atoms with van der Waals surface area (Å²) >= 11 is 1.45. The van der Waals surface area contributed by atoms with Crippen molar-refractivity contribution in [2.24, 2.45) is 0 Å². The summed E-state index contributed by atoms with van der Waals surface area (Å²) in [5, 5.41) is 2.50. The Labute approximate surface area is 198 Å². The van der Waals surface area contributed by atoms with Crippen LogP contribution in [0.2, 0.25) is 0 Å². The molecule has 2 N–H and O–H groups in total. The molecule has 0 fully saturated rings. The van der Waals surface area contributed by atoms with E-state index in [9.17, 15) is 13.2 Å². The fourth-order valence-electron chi connectivity index (χ4n) is 2.93. The molecular weight excluding hydrogens is 460 g/mol. The summed E-state index contributed by atoms with van der Waals surface area (Å²) < 4.78 is 38.6. The third-order valence-electron chi connectivity index (χ3n) is 4.79. The number of hydrogen-bond acceptors (Lipinski definition) is 6. The van der Waals surface area contributed by atoms with Crippen molar-refractivity contribution in [2.45, 2.75) is 28.9 Å². The summed E-state index contributed by atoms with van der Waals surface area (Å²) in [7, 11) is -0.932. The Hall–Kier alpha value is -3.17. The van der Waals surface area contributed by atoms with Crippen LogP contribution in [0, 0.1) is 6.92 Å². The highest BCUT2D eigenvalue weighted by atomic mass is 32.2. The number of hydrogen-bond donors (Lipinski definition) is 2. The molecular formula is C24H26N2O5S2. The number of rotatable bonds is 9. The van der Waals surface area contributed by atoms with Crippen molar-refractivity contribution in [3.63, 3.8) is 0 Å². The number of sulfonamides is 1. The Bertz CT molecular complexity index is 1210. The van der Waals surface area contributed by atoms with Gasteiger partial charge in [-0.3, -0.25) is 9.52 Å². The van der Waals surface area contributed by atoms with E-state index in [1.165, 1.54) is 44.2 Å². The predicted molar refractivity (Wildman–Crippen MR) is 132 cm³/mol. The van der Waals surface area contributed by atoms with Crippen LogP contribution in [0.15, 0.2) is 76.5 Å². The van der Waals surface area contributed by atoms with Gasteiger partial charge in [-0.1, -0.05) is 17.7 Å². The fourth-order valence-corrected chi connectivity index (χ4v) is 4.86. The highest BCUT2D eigenvalue weighted by molar-refractivity contribution is 8.00. The van der Waals surface area contributed by atoms with Crippen molar-refractivity contribution in [1.82, 2.24) is 0 Å². The second-order valence-corrected chi connectivity index (χ2v) is 10.4. The van der Waals surface area contributed by atoms with Crippen LogP contribution < -0.4 is 19.5 Å². The summed E-state index contributed by atoms with van der Waals surface area (Å²) in [6.07, 6.45) is 0. The minimum atomic E-state index is -3.88. The van der Waals surface area contributed by atoms with Crippen molar-refractivity contribution in [3.05, 3.63) is 72.3 Å². The maximum Gasteiger partial charge on any atom is 0.262 e. The molecule has 33 heavy (non-hydrogen) atoms. The first-order valence-electron chi connectivity index (χ1n) is 10.1. The molecule has 0 aliphatic carbocycles. The largest absolute Gasteiger partial charge is 0.497 e. The molecule has 7 nitrogen and oxygen atoms in total. The molecule has 3 aromatic carbocycles. The monoisotopic (exact) mass is 486 g/mol. The van der Waals surface area contributed by atoms with Gasteiger partial charge in [0.15, 0.2) is 0 Å². The molecule has 3 aromatic rings. The van der Waals surface area contributed by atoms with Crippen LogP contribution >= 0.6 is 11.8 Å². The number of carbonyl (C=O) groups excluding carboxylic acids is 1. The van der Waals surface area contributed by atoms with E-state index in [1.54, 1.807) is 24.3 Å². The van der Waals surface area contributed by atoms with Crippen molar-refractivity contribution in [1.29, 1.82) is 0 Å². The summed E-state index contributed by atoms with van der Waals surface area (Å²) in [6.45, 7) is 3.83. The number of amides is 1. The number of aryl methyl sites for hydroxylation is 1. The third kappa shape index (κ3) is 6.43. The van der Waals surface area contributed by atoms with E-state index >= 15 is 0 Å². The maximum absolute atomic E-state index is 12.8. The zero-order valence-corrected chi connectivity index (χ0v) is 20.4. The van der Waals surface area contributed by atoms with Crippen LogP contribution in [-0.2, 0) is 14.8 Å². The van der Waals surface area contributed by atoms with E-state index in [2.05, 4.69) is 10.0 Å². The smallest absolute Gasteiger partial charge is 0.262 e. The van der Waals surface area contributed by atoms with Gasteiger partial charge in [-0.15, -0.1) is 11.8 Å². The van der Waals surface area contributed by atoms with Gasteiger partial charge in [0.1, 0.15) is 11.5 Å². The number of benzene rings is 3. The molecule has 0 saturated heterocycles. The van der Waals surface area contributed by atoms with Crippen LogP contribution in [0.25, 0.3) is 0 Å². The second-order valence-electron chi connectivity index (χ2n) is 7.26. The molecule has 0 spiro atoms. The van der Waals surface area contributed by atoms with Gasteiger partial charge in [-0.05, 0) is 62.4 Å². The van der Waals surface area contributed by atoms with Crippen molar-refractivity contribution < 1.29 is 22.7 Å². The normalized spacial score (nSPS) is 12.0. The van der Waals surface area contributed by atoms with Crippen LogP contribution in [0.5, 0.6) is 11.5 Å². The minimum absolute atomic E-state index is 0.0486. The number of carbonyl (C=O) groups is 1. The van der Waals surface area contributed by atoms with Crippen LogP contribution in [0.3, 0.4) is 0 Å². The van der Waals surface area contributed by atoms with Gasteiger partial charge in [0, 0.05) is 16.6 Å². The molecule has 174 valence electrons. The second kappa shape index (κ2) is 10.6. The highest BCUT2D eigenvalue weighted by Gasteiger charge is 2.19. The SMILES string of the molecule is COc1ccc(OC)c(NS(=O)(=O)c2ccc(NC(=O)[C@@H](C)Sc3ccc(C)cc3)cc2)c1. The molecule has 0 aromatic heterocycles. The molecule has 9 heteroatoms. The van der Waals surface area contributed by atoms with E-state index in [1.807, 2.05) is 38.1 Å². The average Bonchev–Trinajstić information content (AvgIpc) is 2.80. The molecule has 1 atom stereocenters. The topological polar surface area (TPSA) is 93.7 Å². The number of anilines is 2. The van der Waals surface area contributed by atoms with Crippen LogP contribution in [0.4, 0.5) is 11.4 Å².